The fourth-order valence-corrected chi connectivity index (χ4v) is 2.21. The summed E-state index contributed by atoms with van der Waals surface area (Å²) >= 11 is 0. The lowest BCUT2D eigenvalue weighted by Crippen LogP contribution is -2.23. The van der Waals surface area contributed by atoms with Gasteiger partial charge in [0.2, 0.25) is 5.95 Å². The van der Waals surface area contributed by atoms with Crippen molar-refractivity contribution in [2.24, 2.45) is 0 Å². The molecule has 2 atom stereocenters. The molecule has 0 radical (unpaired) electrons. The number of nitrogens with one attached hydrogen (secondary N) is 2. The van der Waals surface area contributed by atoms with Crippen LogP contribution in [0.1, 0.15) is 12.6 Å². The van der Waals surface area contributed by atoms with E-state index in [9.17, 15) is 17.4 Å². The molecule has 0 saturated heterocycles. The molecule has 0 aliphatic rings. The molecule has 9 heteroatoms. The van der Waals surface area contributed by atoms with E-state index in [4.69, 9.17) is 0 Å². The molecular formula is C10H15F3N4OS. The Morgan fingerprint density at radius 2 is 2.05 bits per heavy atom. The van der Waals surface area contributed by atoms with Gasteiger partial charge in [-0.25, -0.2) is 4.98 Å². The lowest BCUT2D eigenvalue weighted by molar-refractivity contribution is -0.141. The smallest absolute Gasteiger partial charge is 0.367 e. The Labute approximate surface area is 111 Å². The molecule has 0 fully saturated rings. The van der Waals surface area contributed by atoms with Crippen molar-refractivity contribution in [3.8, 4) is 0 Å². The monoisotopic (exact) mass is 296 g/mol. The van der Waals surface area contributed by atoms with Crippen LogP contribution in [0, 0.1) is 0 Å². The van der Waals surface area contributed by atoms with Gasteiger partial charge in [-0.1, -0.05) is 0 Å². The second-order valence-electron chi connectivity index (χ2n) is 4.00. The zero-order valence-electron chi connectivity index (χ0n) is 10.7. The maximum atomic E-state index is 12.6. The third-order valence-electron chi connectivity index (χ3n) is 2.12. The average molecular weight is 296 g/mol. The lowest BCUT2D eigenvalue weighted by atomic mass is 10.3. The van der Waals surface area contributed by atoms with Crippen LogP contribution in [-0.2, 0) is 17.0 Å². The number of anilines is 2. The van der Waals surface area contributed by atoms with Gasteiger partial charge < -0.3 is 10.6 Å². The number of halogens is 3. The van der Waals surface area contributed by atoms with Gasteiger partial charge in [0.25, 0.3) is 0 Å². The first kappa shape index (κ1) is 15.7. The van der Waals surface area contributed by atoms with E-state index in [1.54, 1.807) is 6.92 Å². The van der Waals surface area contributed by atoms with Crippen LogP contribution >= 0.6 is 0 Å². The highest BCUT2D eigenvalue weighted by molar-refractivity contribution is 7.84. The normalized spacial score (nSPS) is 14.8. The highest BCUT2D eigenvalue weighted by Gasteiger charge is 2.33. The van der Waals surface area contributed by atoms with Crippen LogP contribution in [-0.4, -0.2) is 39.3 Å². The molecule has 1 aromatic rings. The highest BCUT2D eigenvalue weighted by Crippen LogP contribution is 2.29. The van der Waals surface area contributed by atoms with E-state index in [1.165, 1.54) is 13.3 Å². The van der Waals surface area contributed by atoms with E-state index in [0.29, 0.717) is 5.75 Å². The van der Waals surface area contributed by atoms with Crippen molar-refractivity contribution in [2.45, 2.75) is 19.1 Å². The molecule has 0 spiro atoms. The molecule has 0 amide bonds. The maximum absolute atomic E-state index is 12.6. The summed E-state index contributed by atoms with van der Waals surface area (Å²) in [5, 5.41) is 5.25. The number of rotatable bonds is 5. The van der Waals surface area contributed by atoms with Crippen molar-refractivity contribution in [2.75, 3.05) is 29.7 Å². The largest absolute Gasteiger partial charge is 0.433 e. The maximum Gasteiger partial charge on any atom is 0.433 e. The quantitative estimate of drug-likeness (QED) is 0.866. The predicted octanol–water partition coefficient (Wildman–Crippen LogP) is 1.72. The van der Waals surface area contributed by atoms with Crippen LogP contribution in [0.15, 0.2) is 6.07 Å². The highest BCUT2D eigenvalue weighted by atomic mass is 32.2. The molecule has 19 heavy (non-hydrogen) atoms. The standard InChI is InChI=1S/C10H15F3N4OS/c1-6(5-19(3)18)15-8-4-7(10(11,12)13)16-9(14-2)17-8/h4,6H,5H2,1-3H3,(H2,14,15,16,17). The fourth-order valence-electron chi connectivity index (χ4n) is 1.42. The second kappa shape index (κ2) is 6.18. The van der Waals surface area contributed by atoms with Crippen molar-refractivity contribution in [1.82, 2.24) is 9.97 Å². The van der Waals surface area contributed by atoms with Gasteiger partial charge in [-0.15, -0.1) is 0 Å². The van der Waals surface area contributed by atoms with E-state index < -0.39 is 22.7 Å². The van der Waals surface area contributed by atoms with Gasteiger partial charge in [0.1, 0.15) is 5.82 Å². The van der Waals surface area contributed by atoms with Gasteiger partial charge in [-0.3, -0.25) is 4.21 Å². The van der Waals surface area contributed by atoms with Crippen LogP contribution in [0.25, 0.3) is 0 Å². The summed E-state index contributed by atoms with van der Waals surface area (Å²) in [6, 6.07) is 0.571. The first-order chi connectivity index (χ1) is 8.72. The molecule has 108 valence electrons. The molecule has 0 aliphatic heterocycles. The molecule has 1 heterocycles. The molecule has 1 rings (SSSR count). The summed E-state index contributed by atoms with van der Waals surface area (Å²) in [4.78, 5) is 7.22. The molecule has 1 aromatic heterocycles. The Bertz CT molecular complexity index is 467. The zero-order valence-corrected chi connectivity index (χ0v) is 11.5. The third kappa shape index (κ3) is 5.01. The Morgan fingerprint density at radius 3 is 2.53 bits per heavy atom. The number of hydrogen-bond acceptors (Lipinski definition) is 5. The van der Waals surface area contributed by atoms with Crippen molar-refractivity contribution in [1.29, 1.82) is 0 Å². The van der Waals surface area contributed by atoms with Gasteiger partial charge >= 0.3 is 6.18 Å². The lowest BCUT2D eigenvalue weighted by Gasteiger charge is -2.15. The second-order valence-corrected chi connectivity index (χ2v) is 5.47. The van der Waals surface area contributed by atoms with E-state index >= 15 is 0 Å². The number of hydrogen-bond donors (Lipinski definition) is 2. The molecule has 0 aliphatic carbocycles. The summed E-state index contributed by atoms with van der Waals surface area (Å²) < 4.78 is 49.0. The molecule has 2 N–H and O–H groups in total. The van der Waals surface area contributed by atoms with Gasteiger partial charge in [-0.2, -0.15) is 18.2 Å². The topological polar surface area (TPSA) is 66.9 Å². The van der Waals surface area contributed by atoms with Crippen molar-refractivity contribution in [3.05, 3.63) is 11.8 Å². The summed E-state index contributed by atoms with van der Waals surface area (Å²) in [6.45, 7) is 1.72. The van der Waals surface area contributed by atoms with Gasteiger partial charge in [0.15, 0.2) is 5.69 Å². The number of nitrogens with zero attached hydrogens (tertiary/aromatic N) is 2. The van der Waals surface area contributed by atoms with Crippen LogP contribution < -0.4 is 10.6 Å². The summed E-state index contributed by atoms with van der Waals surface area (Å²) in [7, 11) is 0.392. The predicted molar refractivity (Wildman–Crippen MR) is 68.6 cm³/mol. The Morgan fingerprint density at radius 1 is 1.42 bits per heavy atom. The minimum Gasteiger partial charge on any atom is -0.367 e. The van der Waals surface area contributed by atoms with Crippen molar-refractivity contribution >= 4 is 22.6 Å². The summed E-state index contributed by atoms with van der Waals surface area (Å²) in [5.41, 5.74) is -1.03. The van der Waals surface area contributed by atoms with E-state index in [1.807, 2.05) is 0 Å². The van der Waals surface area contributed by atoms with Crippen LogP contribution in [0.5, 0.6) is 0 Å². The van der Waals surface area contributed by atoms with Crippen LogP contribution in [0.4, 0.5) is 24.9 Å². The Hall–Kier alpha value is -1.38. The molecule has 0 bridgehead atoms. The minimum absolute atomic E-state index is 0.0459. The molecule has 0 aromatic carbocycles. The summed E-state index contributed by atoms with van der Waals surface area (Å²) in [5.74, 6) is 0.243. The van der Waals surface area contributed by atoms with Gasteiger partial charge in [-0.05, 0) is 6.92 Å². The Kier molecular flexibility index (Phi) is 5.10. The molecule has 0 saturated carbocycles. The molecule has 2 unspecified atom stereocenters. The van der Waals surface area contributed by atoms with E-state index in [0.717, 1.165) is 6.07 Å². The van der Waals surface area contributed by atoms with Gasteiger partial charge in [0, 0.05) is 42.0 Å². The first-order valence-electron chi connectivity index (χ1n) is 5.43. The average Bonchev–Trinajstić information content (AvgIpc) is 2.25. The van der Waals surface area contributed by atoms with Crippen LogP contribution in [0.3, 0.4) is 0 Å². The van der Waals surface area contributed by atoms with E-state index in [2.05, 4.69) is 20.6 Å². The van der Waals surface area contributed by atoms with Crippen molar-refractivity contribution < 1.29 is 17.4 Å². The summed E-state index contributed by atoms with van der Waals surface area (Å²) in [6.07, 6.45) is -3.01. The van der Waals surface area contributed by atoms with Crippen molar-refractivity contribution in [3.63, 3.8) is 0 Å². The first-order valence-corrected chi connectivity index (χ1v) is 7.15. The van der Waals surface area contributed by atoms with Gasteiger partial charge in [0.05, 0.1) is 0 Å². The third-order valence-corrected chi connectivity index (χ3v) is 3.09. The van der Waals surface area contributed by atoms with E-state index in [-0.39, 0.29) is 17.8 Å². The Balaban J connectivity index is 2.97. The number of alkyl halides is 3. The SMILES string of the molecule is CNc1nc(NC(C)CS(C)=O)cc(C(F)(F)F)n1. The fraction of sp³-hybridized carbons (Fsp3) is 0.600. The minimum atomic E-state index is -4.54. The molecular weight excluding hydrogens is 281 g/mol. The van der Waals surface area contributed by atoms with Crippen LogP contribution in [0.2, 0.25) is 0 Å². The molecule has 5 nitrogen and oxygen atoms in total. The number of aromatic nitrogens is 2. The zero-order chi connectivity index (χ0) is 14.6.